The number of hydrogen-bond acceptors (Lipinski definition) is 4. The van der Waals surface area contributed by atoms with Crippen LogP contribution in [0.4, 0.5) is 11.5 Å². The highest BCUT2D eigenvalue weighted by Gasteiger charge is 2.21. The van der Waals surface area contributed by atoms with Crippen LogP contribution in [0.15, 0.2) is 42.6 Å². The van der Waals surface area contributed by atoms with Crippen molar-refractivity contribution in [1.82, 2.24) is 9.88 Å². The van der Waals surface area contributed by atoms with Gasteiger partial charge in [0.25, 0.3) is 0 Å². The minimum Gasteiger partial charge on any atom is -0.376 e. The van der Waals surface area contributed by atoms with Crippen molar-refractivity contribution >= 4 is 29.0 Å². The number of benzene rings is 1. The summed E-state index contributed by atoms with van der Waals surface area (Å²) in [4.78, 5) is 20.9. The zero-order chi connectivity index (χ0) is 16.9. The van der Waals surface area contributed by atoms with Gasteiger partial charge in [-0.15, -0.1) is 0 Å². The average Bonchev–Trinajstić information content (AvgIpc) is 2.63. The number of halogens is 1. The standard InChI is InChI=1S/C18H21ClN4O/c1-14-15(19)5-4-6-16(14)21-13-18(24)23-11-9-22(10-12-23)17-7-2-3-8-20-17/h2-8,21H,9-13H2,1H3. The first-order valence-electron chi connectivity index (χ1n) is 8.08. The molecule has 2 heterocycles. The predicted molar refractivity (Wildman–Crippen MR) is 97.7 cm³/mol. The molecular formula is C18H21ClN4O. The van der Waals surface area contributed by atoms with Crippen molar-refractivity contribution < 1.29 is 4.79 Å². The number of aromatic nitrogens is 1. The summed E-state index contributed by atoms with van der Waals surface area (Å²) in [6.07, 6.45) is 1.80. The fourth-order valence-electron chi connectivity index (χ4n) is 2.81. The van der Waals surface area contributed by atoms with Gasteiger partial charge in [0, 0.05) is 43.1 Å². The molecule has 1 saturated heterocycles. The maximum Gasteiger partial charge on any atom is 0.241 e. The van der Waals surface area contributed by atoms with E-state index in [0.29, 0.717) is 18.1 Å². The van der Waals surface area contributed by atoms with Crippen molar-refractivity contribution in [2.45, 2.75) is 6.92 Å². The molecule has 1 aliphatic rings. The Morgan fingerprint density at radius 1 is 1.17 bits per heavy atom. The molecule has 1 amide bonds. The van der Waals surface area contributed by atoms with Crippen molar-refractivity contribution in [3.63, 3.8) is 0 Å². The molecule has 6 heteroatoms. The lowest BCUT2D eigenvalue weighted by molar-refractivity contribution is -0.129. The van der Waals surface area contributed by atoms with Crippen LogP contribution in [0, 0.1) is 6.92 Å². The van der Waals surface area contributed by atoms with E-state index < -0.39 is 0 Å². The summed E-state index contributed by atoms with van der Waals surface area (Å²) in [5.41, 5.74) is 1.87. The molecule has 126 valence electrons. The predicted octanol–water partition coefficient (Wildman–Crippen LogP) is 2.80. The van der Waals surface area contributed by atoms with Crippen molar-refractivity contribution in [1.29, 1.82) is 0 Å². The molecule has 1 aromatic carbocycles. The third-order valence-corrected chi connectivity index (χ3v) is 4.71. The van der Waals surface area contributed by atoms with E-state index in [0.717, 1.165) is 30.2 Å². The molecule has 2 aromatic rings. The van der Waals surface area contributed by atoms with Crippen molar-refractivity contribution in [3.8, 4) is 0 Å². The van der Waals surface area contributed by atoms with Crippen LogP contribution >= 0.6 is 11.6 Å². The van der Waals surface area contributed by atoms with E-state index in [4.69, 9.17) is 11.6 Å². The first kappa shape index (κ1) is 16.6. The number of pyridine rings is 1. The molecule has 5 nitrogen and oxygen atoms in total. The van der Waals surface area contributed by atoms with Gasteiger partial charge in [0.2, 0.25) is 5.91 Å². The number of carbonyl (C=O) groups excluding carboxylic acids is 1. The van der Waals surface area contributed by atoms with Gasteiger partial charge in [0.05, 0.1) is 6.54 Å². The third kappa shape index (κ3) is 3.79. The summed E-state index contributed by atoms with van der Waals surface area (Å²) in [7, 11) is 0. The van der Waals surface area contributed by atoms with Crippen molar-refractivity contribution in [2.75, 3.05) is 42.9 Å². The highest BCUT2D eigenvalue weighted by atomic mass is 35.5. The number of nitrogens with zero attached hydrogens (tertiary/aromatic N) is 3. The van der Waals surface area contributed by atoms with E-state index >= 15 is 0 Å². The van der Waals surface area contributed by atoms with Crippen molar-refractivity contribution in [3.05, 3.63) is 53.2 Å². The topological polar surface area (TPSA) is 48.5 Å². The van der Waals surface area contributed by atoms with Gasteiger partial charge in [-0.1, -0.05) is 23.7 Å². The molecule has 0 unspecified atom stereocenters. The van der Waals surface area contributed by atoms with Gasteiger partial charge in [-0.2, -0.15) is 0 Å². The summed E-state index contributed by atoms with van der Waals surface area (Å²) in [5.74, 6) is 1.08. The number of nitrogens with one attached hydrogen (secondary N) is 1. The molecule has 24 heavy (non-hydrogen) atoms. The highest BCUT2D eigenvalue weighted by molar-refractivity contribution is 6.31. The van der Waals surface area contributed by atoms with Crippen LogP contribution in [-0.2, 0) is 4.79 Å². The minimum absolute atomic E-state index is 0.107. The number of anilines is 2. The molecule has 1 N–H and O–H groups in total. The SMILES string of the molecule is Cc1c(Cl)cccc1NCC(=O)N1CCN(c2ccccn2)CC1. The van der Waals surface area contributed by atoms with Gasteiger partial charge in [0.15, 0.2) is 0 Å². The minimum atomic E-state index is 0.107. The number of piperazine rings is 1. The van der Waals surface area contributed by atoms with Gasteiger partial charge in [-0.3, -0.25) is 4.79 Å². The number of hydrogen-bond donors (Lipinski definition) is 1. The summed E-state index contributed by atoms with van der Waals surface area (Å²) >= 11 is 6.11. The van der Waals surface area contributed by atoms with Crippen molar-refractivity contribution in [2.24, 2.45) is 0 Å². The third-order valence-electron chi connectivity index (χ3n) is 4.30. The fourth-order valence-corrected chi connectivity index (χ4v) is 2.98. The molecule has 1 fully saturated rings. The van der Waals surface area contributed by atoms with Crippen LogP contribution in [0.5, 0.6) is 0 Å². The summed E-state index contributed by atoms with van der Waals surface area (Å²) < 4.78 is 0. The zero-order valence-corrected chi connectivity index (χ0v) is 14.5. The summed E-state index contributed by atoms with van der Waals surface area (Å²) in [6.45, 7) is 5.26. The van der Waals surface area contributed by atoms with Gasteiger partial charge in [-0.05, 0) is 36.8 Å². The number of amides is 1. The molecule has 1 aromatic heterocycles. The molecule has 3 rings (SSSR count). The molecule has 1 aliphatic heterocycles. The van der Waals surface area contributed by atoms with E-state index in [1.54, 1.807) is 6.20 Å². The van der Waals surface area contributed by atoms with E-state index in [9.17, 15) is 4.79 Å². The molecule has 0 atom stereocenters. The monoisotopic (exact) mass is 344 g/mol. The molecule has 0 radical (unpaired) electrons. The lowest BCUT2D eigenvalue weighted by Crippen LogP contribution is -2.50. The van der Waals surface area contributed by atoms with Crippen LogP contribution in [0.25, 0.3) is 0 Å². The second kappa shape index (κ2) is 7.53. The number of carbonyl (C=O) groups is 1. The fraction of sp³-hybridized carbons (Fsp3) is 0.333. The van der Waals surface area contributed by atoms with Gasteiger partial charge < -0.3 is 15.1 Å². The summed E-state index contributed by atoms with van der Waals surface area (Å²) in [5, 5.41) is 3.90. The quantitative estimate of drug-likeness (QED) is 0.926. The first-order chi connectivity index (χ1) is 11.6. The highest BCUT2D eigenvalue weighted by Crippen LogP contribution is 2.22. The lowest BCUT2D eigenvalue weighted by atomic mass is 10.2. The van der Waals surface area contributed by atoms with Gasteiger partial charge >= 0.3 is 0 Å². The Hall–Kier alpha value is -2.27. The Kier molecular flexibility index (Phi) is 5.20. The number of rotatable bonds is 4. The maximum absolute atomic E-state index is 12.4. The van der Waals surface area contributed by atoms with Gasteiger partial charge in [-0.25, -0.2) is 4.98 Å². The second-order valence-corrected chi connectivity index (χ2v) is 6.23. The zero-order valence-electron chi connectivity index (χ0n) is 13.7. The molecule has 0 aliphatic carbocycles. The van der Waals surface area contributed by atoms with Gasteiger partial charge in [0.1, 0.15) is 5.82 Å². The Bertz CT molecular complexity index is 699. The largest absolute Gasteiger partial charge is 0.376 e. The first-order valence-corrected chi connectivity index (χ1v) is 8.45. The summed E-state index contributed by atoms with van der Waals surface area (Å²) in [6, 6.07) is 11.6. The van der Waals surface area contributed by atoms with Crippen LogP contribution < -0.4 is 10.2 Å². The normalized spacial score (nSPS) is 14.6. The van der Waals surface area contributed by atoms with E-state index in [1.165, 1.54) is 0 Å². The molecule has 0 bridgehead atoms. The second-order valence-electron chi connectivity index (χ2n) is 5.82. The van der Waals surface area contributed by atoms with Crippen LogP contribution in [0.2, 0.25) is 5.02 Å². The average molecular weight is 345 g/mol. The Morgan fingerprint density at radius 3 is 2.67 bits per heavy atom. The van der Waals surface area contributed by atoms with E-state index in [2.05, 4.69) is 15.2 Å². The Morgan fingerprint density at radius 2 is 1.96 bits per heavy atom. The molecule has 0 saturated carbocycles. The lowest BCUT2D eigenvalue weighted by Gasteiger charge is -2.35. The molecular weight excluding hydrogens is 324 g/mol. The smallest absolute Gasteiger partial charge is 0.241 e. The Balaban J connectivity index is 1.51. The molecule has 0 spiro atoms. The van der Waals surface area contributed by atoms with Crippen LogP contribution in [-0.4, -0.2) is 48.5 Å². The van der Waals surface area contributed by atoms with Crippen LogP contribution in [0.3, 0.4) is 0 Å². The van der Waals surface area contributed by atoms with E-state index in [-0.39, 0.29) is 12.5 Å². The maximum atomic E-state index is 12.4. The van der Waals surface area contributed by atoms with E-state index in [1.807, 2.05) is 48.2 Å². The Labute approximate surface area is 147 Å². The van der Waals surface area contributed by atoms with Crippen LogP contribution in [0.1, 0.15) is 5.56 Å².